The number of amides is 3. The average molecular weight is 286 g/mol. The van der Waals surface area contributed by atoms with E-state index in [2.05, 4.69) is 10.6 Å². The van der Waals surface area contributed by atoms with Gasteiger partial charge in [0.05, 0.1) is 11.3 Å². The Morgan fingerprint density at radius 2 is 2.00 bits per heavy atom. The second kappa shape index (κ2) is 6.60. The lowest BCUT2D eigenvalue weighted by molar-refractivity contribution is -0.117. The smallest absolute Gasteiger partial charge is 0.337 e. The number of hydrogen-bond acceptors (Lipinski definition) is 3. The monoisotopic (exact) mass is 285 g/mol. The van der Waals surface area contributed by atoms with Crippen molar-refractivity contribution in [2.45, 2.75) is 6.42 Å². The maximum absolute atomic E-state index is 11.5. The lowest BCUT2D eigenvalue weighted by Crippen LogP contribution is -2.32. The zero-order valence-corrected chi connectivity index (χ0v) is 10.5. The van der Waals surface area contributed by atoms with Crippen molar-refractivity contribution < 1.29 is 19.5 Å². The van der Waals surface area contributed by atoms with Gasteiger partial charge in [-0.05, 0) is 18.2 Å². The van der Waals surface area contributed by atoms with Crippen molar-refractivity contribution in [2.24, 2.45) is 5.73 Å². The third-order valence-electron chi connectivity index (χ3n) is 2.12. The van der Waals surface area contributed by atoms with Crippen LogP contribution in [0.2, 0.25) is 5.02 Å². The molecule has 8 heteroatoms. The molecule has 7 nitrogen and oxygen atoms in total. The van der Waals surface area contributed by atoms with Gasteiger partial charge in [0.1, 0.15) is 0 Å². The van der Waals surface area contributed by atoms with Crippen molar-refractivity contribution in [1.82, 2.24) is 5.32 Å². The number of primary amides is 1. The fourth-order valence-electron chi connectivity index (χ4n) is 1.27. The van der Waals surface area contributed by atoms with Crippen LogP contribution in [0.4, 0.5) is 10.5 Å². The van der Waals surface area contributed by atoms with Gasteiger partial charge in [0.15, 0.2) is 0 Å². The third kappa shape index (κ3) is 4.84. The molecule has 0 spiro atoms. The van der Waals surface area contributed by atoms with Crippen LogP contribution in [0.15, 0.2) is 18.2 Å². The minimum atomic E-state index is -1.21. The molecular formula is C11H12ClN3O4. The maximum atomic E-state index is 11.5. The molecule has 0 aliphatic rings. The van der Waals surface area contributed by atoms with Gasteiger partial charge >= 0.3 is 12.0 Å². The normalized spacial score (nSPS) is 9.74. The molecule has 0 aliphatic heterocycles. The van der Waals surface area contributed by atoms with E-state index in [1.165, 1.54) is 18.2 Å². The van der Waals surface area contributed by atoms with E-state index in [0.29, 0.717) is 0 Å². The number of carbonyl (C=O) groups is 3. The summed E-state index contributed by atoms with van der Waals surface area (Å²) in [5.74, 6) is -1.76. The fraction of sp³-hybridized carbons (Fsp3) is 0.182. The van der Waals surface area contributed by atoms with Gasteiger partial charge in [-0.15, -0.1) is 0 Å². The number of urea groups is 1. The van der Waals surface area contributed by atoms with Crippen molar-refractivity contribution >= 4 is 35.2 Å². The van der Waals surface area contributed by atoms with E-state index in [1.54, 1.807) is 0 Å². The van der Waals surface area contributed by atoms with E-state index in [1.807, 2.05) is 0 Å². The number of anilines is 1. The summed E-state index contributed by atoms with van der Waals surface area (Å²) in [6.07, 6.45) is -0.000173. The Kier molecular flexibility index (Phi) is 5.13. The Morgan fingerprint density at radius 1 is 1.32 bits per heavy atom. The van der Waals surface area contributed by atoms with Gasteiger partial charge in [-0.3, -0.25) is 4.79 Å². The number of benzene rings is 1. The molecule has 0 bridgehead atoms. The molecular weight excluding hydrogens is 274 g/mol. The fourth-order valence-corrected chi connectivity index (χ4v) is 1.44. The van der Waals surface area contributed by atoms with Crippen molar-refractivity contribution in [3.05, 3.63) is 28.8 Å². The molecule has 19 heavy (non-hydrogen) atoms. The lowest BCUT2D eigenvalue weighted by Gasteiger charge is -2.09. The summed E-state index contributed by atoms with van der Waals surface area (Å²) < 4.78 is 0. The number of carboxylic acids is 1. The molecule has 0 fully saturated rings. The molecule has 1 rings (SSSR count). The molecule has 0 aromatic heterocycles. The van der Waals surface area contributed by atoms with Crippen LogP contribution in [0.3, 0.4) is 0 Å². The molecule has 0 radical (unpaired) electrons. The number of halogens is 1. The minimum Gasteiger partial charge on any atom is -0.478 e. The first-order valence-corrected chi connectivity index (χ1v) is 5.64. The average Bonchev–Trinajstić information content (AvgIpc) is 2.30. The van der Waals surface area contributed by atoms with Crippen LogP contribution in [0.5, 0.6) is 0 Å². The zero-order chi connectivity index (χ0) is 14.4. The van der Waals surface area contributed by atoms with Crippen LogP contribution in [-0.4, -0.2) is 29.6 Å². The second-order valence-electron chi connectivity index (χ2n) is 3.59. The molecule has 0 saturated heterocycles. The third-order valence-corrected chi connectivity index (χ3v) is 2.35. The van der Waals surface area contributed by atoms with E-state index >= 15 is 0 Å². The first kappa shape index (κ1) is 14.8. The topological polar surface area (TPSA) is 122 Å². The predicted molar refractivity (Wildman–Crippen MR) is 69.2 cm³/mol. The van der Waals surface area contributed by atoms with E-state index in [9.17, 15) is 14.4 Å². The maximum Gasteiger partial charge on any atom is 0.337 e. The number of carbonyl (C=O) groups excluding carboxylic acids is 2. The first-order chi connectivity index (χ1) is 8.90. The van der Waals surface area contributed by atoms with Gasteiger partial charge in [-0.25, -0.2) is 9.59 Å². The van der Waals surface area contributed by atoms with Crippen LogP contribution in [0.1, 0.15) is 16.8 Å². The van der Waals surface area contributed by atoms with Crippen LogP contribution < -0.4 is 16.4 Å². The summed E-state index contributed by atoms with van der Waals surface area (Å²) in [6.45, 7) is 0.0666. The van der Waals surface area contributed by atoms with Crippen LogP contribution in [0.25, 0.3) is 0 Å². The summed E-state index contributed by atoms with van der Waals surface area (Å²) >= 11 is 5.67. The molecule has 0 heterocycles. The molecule has 3 amide bonds. The van der Waals surface area contributed by atoms with Crippen molar-refractivity contribution in [2.75, 3.05) is 11.9 Å². The van der Waals surface area contributed by atoms with Gasteiger partial charge in [-0.2, -0.15) is 0 Å². The Labute approximate surface area is 113 Å². The van der Waals surface area contributed by atoms with E-state index in [0.717, 1.165) is 0 Å². The summed E-state index contributed by atoms with van der Waals surface area (Å²) in [6, 6.07) is 3.42. The predicted octanol–water partition coefficient (Wildman–Crippen LogP) is 1.04. The van der Waals surface area contributed by atoms with Crippen molar-refractivity contribution in [3.8, 4) is 0 Å². The number of rotatable bonds is 5. The molecule has 5 N–H and O–H groups in total. The minimum absolute atomic E-state index is 0.000173. The molecule has 0 unspecified atom stereocenters. The molecule has 0 saturated carbocycles. The Hall–Kier alpha value is -2.28. The Bertz CT molecular complexity index is 519. The summed E-state index contributed by atoms with van der Waals surface area (Å²) in [7, 11) is 0. The summed E-state index contributed by atoms with van der Waals surface area (Å²) in [4.78, 5) is 32.9. The lowest BCUT2D eigenvalue weighted by atomic mass is 10.2. The quantitative estimate of drug-likeness (QED) is 0.645. The second-order valence-corrected chi connectivity index (χ2v) is 4.03. The Morgan fingerprint density at radius 3 is 2.58 bits per heavy atom. The first-order valence-electron chi connectivity index (χ1n) is 5.26. The largest absolute Gasteiger partial charge is 0.478 e. The highest BCUT2D eigenvalue weighted by atomic mass is 35.5. The number of nitrogens with one attached hydrogen (secondary N) is 2. The molecule has 1 aromatic carbocycles. The van der Waals surface area contributed by atoms with Crippen molar-refractivity contribution in [1.29, 1.82) is 0 Å². The Balaban J connectivity index is 2.68. The van der Waals surface area contributed by atoms with Gasteiger partial charge < -0.3 is 21.5 Å². The zero-order valence-electron chi connectivity index (χ0n) is 9.77. The standard InChI is InChI=1S/C11H12ClN3O4/c12-6-1-2-8(7(5-6)10(17)18)15-11(19)14-4-3-9(13)16/h1-2,5H,3-4H2,(H2,13,16)(H,17,18)(H2,14,15,19). The molecule has 1 aromatic rings. The molecule has 0 aliphatic carbocycles. The van der Waals surface area contributed by atoms with E-state index in [4.69, 9.17) is 22.4 Å². The highest BCUT2D eigenvalue weighted by molar-refractivity contribution is 6.31. The van der Waals surface area contributed by atoms with Gasteiger partial charge in [-0.1, -0.05) is 11.6 Å². The van der Waals surface area contributed by atoms with Gasteiger partial charge in [0.2, 0.25) is 5.91 Å². The van der Waals surface area contributed by atoms with Gasteiger partial charge in [0, 0.05) is 18.0 Å². The number of hydrogen-bond donors (Lipinski definition) is 4. The summed E-state index contributed by atoms with van der Waals surface area (Å²) in [5.41, 5.74) is 4.89. The molecule has 102 valence electrons. The van der Waals surface area contributed by atoms with Crippen LogP contribution in [-0.2, 0) is 4.79 Å². The highest BCUT2D eigenvalue weighted by Crippen LogP contribution is 2.20. The van der Waals surface area contributed by atoms with Crippen molar-refractivity contribution in [3.63, 3.8) is 0 Å². The van der Waals surface area contributed by atoms with Crippen LogP contribution in [0, 0.1) is 0 Å². The van der Waals surface area contributed by atoms with Crippen LogP contribution >= 0.6 is 11.6 Å². The van der Waals surface area contributed by atoms with E-state index in [-0.39, 0.29) is 29.2 Å². The number of carboxylic acid groups (broad SMARTS) is 1. The van der Waals surface area contributed by atoms with Gasteiger partial charge in [0.25, 0.3) is 0 Å². The highest BCUT2D eigenvalue weighted by Gasteiger charge is 2.12. The molecule has 0 atom stereocenters. The summed E-state index contributed by atoms with van der Waals surface area (Å²) in [5, 5.41) is 13.9. The number of aromatic carboxylic acids is 1. The SMILES string of the molecule is NC(=O)CCNC(=O)Nc1ccc(Cl)cc1C(=O)O. The van der Waals surface area contributed by atoms with E-state index < -0.39 is 17.9 Å². The number of nitrogens with two attached hydrogens (primary N) is 1.